The van der Waals surface area contributed by atoms with Crippen molar-refractivity contribution in [3.8, 4) is 5.69 Å². The fraction of sp³-hybridized carbons (Fsp3) is 0.200. The van der Waals surface area contributed by atoms with Crippen molar-refractivity contribution in [3.63, 3.8) is 0 Å². The molecule has 0 fully saturated rings. The third kappa shape index (κ3) is 4.03. The van der Waals surface area contributed by atoms with Crippen LogP contribution in [0.25, 0.3) is 16.5 Å². The molecule has 3 aromatic rings. The average molecular weight is 364 g/mol. The summed E-state index contributed by atoms with van der Waals surface area (Å²) in [5, 5.41) is 10.4. The fourth-order valence-electron chi connectivity index (χ4n) is 2.67. The SMILES string of the molecule is CCCNC(=O)CNC(=O)c1nn(-c2ccccc2)c(=O)c2ccccc12. The second-order valence-corrected chi connectivity index (χ2v) is 5.98. The van der Waals surface area contributed by atoms with Crippen molar-refractivity contribution in [1.82, 2.24) is 20.4 Å². The number of amides is 2. The van der Waals surface area contributed by atoms with Crippen LogP contribution in [0, 0.1) is 0 Å². The Kier molecular flexibility index (Phi) is 5.61. The Bertz CT molecular complexity index is 1030. The van der Waals surface area contributed by atoms with Gasteiger partial charge in [0.1, 0.15) is 0 Å². The largest absolute Gasteiger partial charge is 0.355 e. The summed E-state index contributed by atoms with van der Waals surface area (Å²) < 4.78 is 1.20. The minimum absolute atomic E-state index is 0.0948. The highest BCUT2D eigenvalue weighted by Gasteiger charge is 2.17. The Balaban J connectivity index is 1.99. The van der Waals surface area contributed by atoms with Gasteiger partial charge in [-0.2, -0.15) is 9.78 Å². The van der Waals surface area contributed by atoms with E-state index in [-0.39, 0.29) is 23.7 Å². The number of nitrogens with one attached hydrogen (secondary N) is 2. The molecular formula is C20H20N4O3. The normalized spacial score (nSPS) is 10.6. The summed E-state index contributed by atoms with van der Waals surface area (Å²) in [6, 6.07) is 15.7. The van der Waals surface area contributed by atoms with Crippen LogP contribution in [0.5, 0.6) is 0 Å². The molecule has 1 aromatic heterocycles. The highest BCUT2D eigenvalue weighted by molar-refractivity contribution is 6.05. The molecule has 2 amide bonds. The Hall–Kier alpha value is -3.48. The number of rotatable bonds is 6. The summed E-state index contributed by atoms with van der Waals surface area (Å²) in [6.07, 6.45) is 0.813. The van der Waals surface area contributed by atoms with Crippen LogP contribution < -0.4 is 16.2 Å². The zero-order chi connectivity index (χ0) is 19.2. The molecule has 0 atom stereocenters. The monoisotopic (exact) mass is 364 g/mol. The van der Waals surface area contributed by atoms with Gasteiger partial charge in [-0.25, -0.2) is 0 Å². The molecule has 0 saturated carbocycles. The van der Waals surface area contributed by atoms with Gasteiger partial charge in [0.2, 0.25) is 5.91 Å². The first-order chi connectivity index (χ1) is 13.1. The van der Waals surface area contributed by atoms with Crippen molar-refractivity contribution in [2.75, 3.05) is 13.1 Å². The molecule has 0 aliphatic carbocycles. The first-order valence-corrected chi connectivity index (χ1v) is 8.74. The summed E-state index contributed by atoms with van der Waals surface area (Å²) in [5.74, 6) is -0.784. The molecule has 27 heavy (non-hydrogen) atoms. The molecule has 2 aromatic carbocycles. The lowest BCUT2D eigenvalue weighted by atomic mass is 10.1. The van der Waals surface area contributed by atoms with Gasteiger partial charge >= 0.3 is 0 Å². The van der Waals surface area contributed by atoms with Gasteiger partial charge in [0, 0.05) is 11.9 Å². The van der Waals surface area contributed by atoms with Crippen LogP contribution in [0.15, 0.2) is 59.4 Å². The summed E-state index contributed by atoms with van der Waals surface area (Å²) >= 11 is 0. The minimum Gasteiger partial charge on any atom is -0.355 e. The highest BCUT2D eigenvalue weighted by Crippen LogP contribution is 2.15. The number of benzene rings is 2. The minimum atomic E-state index is -0.512. The van der Waals surface area contributed by atoms with Crippen molar-refractivity contribution in [2.24, 2.45) is 0 Å². The number of hydrogen-bond acceptors (Lipinski definition) is 4. The van der Waals surface area contributed by atoms with Gasteiger partial charge in [-0.15, -0.1) is 0 Å². The Labute approximate surface area is 156 Å². The van der Waals surface area contributed by atoms with Gasteiger partial charge < -0.3 is 10.6 Å². The second kappa shape index (κ2) is 8.27. The van der Waals surface area contributed by atoms with Crippen LogP contribution in [0.1, 0.15) is 23.8 Å². The summed E-state index contributed by atoms with van der Waals surface area (Å²) in [5.41, 5.74) is 0.342. The van der Waals surface area contributed by atoms with Crippen LogP contribution in [0.3, 0.4) is 0 Å². The van der Waals surface area contributed by atoms with Crippen molar-refractivity contribution >= 4 is 22.6 Å². The highest BCUT2D eigenvalue weighted by atomic mass is 16.2. The topological polar surface area (TPSA) is 93.1 Å². The van der Waals surface area contributed by atoms with E-state index >= 15 is 0 Å². The molecule has 0 radical (unpaired) electrons. The molecule has 0 saturated heterocycles. The lowest BCUT2D eigenvalue weighted by Crippen LogP contribution is -2.38. The standard InChI is InChI=1S/C20H20N4O3/c1-2-12-21-17(25)13-22-19(26)18-15-10-6-7-11-16(15)20(27)24(23-18)14-8-4-3-5-9-14/h3-11H,2,12-13H2,1H3,(H,21,25)(H,22,26). The maximum Gasteiger partial charge on any atom is 0.279 e. The number of carbonyl (C=O) groups excluding carboxylic acids is 2. The molecule has 0 spiro atoms. The quantitative estimate of drug-likeness (QED) is 0.695. The van der Waals surface area contributed by atoms with Gasteiger partial charge in [-0.1, -0.05) is 43.3 Å². The Morgan fingerprint density at radius 3 is 2.33 bits per heavy atom. The molecule has 0 aliphatic rings. The van der Waals surface area contributed by atoms with E-state index in [1.807, 2.05) is 13.0 Å². The van der Waals surface area contributed by atoms with E-state index in [9.17, 15) is 14.4 Å². The van der Waals surface area contributed by atoms with E-state index in [1.165, 1.54) is 4.68 Å². The van der Waals surface area contributed by atoms with Gasteiger partial charge in [0.25, 0.3) is 11.5 Å². The van der Waals surface area contributed by atoms with E-state index in [0.29, 0.717) is 23.0 Å². The number of para-hydroxylation sites is 1. The summed E-state index contributed by atoms with van der Waals surface area (Å²) in [6.45, 7) is 2.34. The first kappa shape index (κ1) is 18.3. The van der Waals surface area contributed by atoms with E-state index < -0.39 is 5.91 Å². The number of carbonyl (C=O) groups is 2. The van der Waals surface area contributed by atoms with Gasteiger partial charge in [-0.05, 0) is 24.6 Å². The Morgan fingerprint density at radius 1 is 0.963 bits per heavy atom. The van der Waals surface area contributed by atoms with Gasteiger partial charge in [-0.3, -0.25) is 14.4 Å². The third-order valence-corrected chi connectivity index (χ3v) is 4.00. The predicted octanol–water partition coefficient (Wildman–Crippen LogP) is 1.64. The average Bonchev–Trinajstić information content (AvgIpc) is 2.71. The van der Waals surface area contributed by atoms with Crippen molar-refractivity contribution < 1.29 is 9.59 Å². The maximum absolute atomic E-state index is 12.8. The van der Waals surface area contributed by atoms with Crippen molar-refractivity contribution in [1.29, 1.82) is 0 Å². The van der Waals surface area contributed by atoms with Crippen LogP contribution in [-0.4, -0.2) is 34.7 Å². The fourth-order valence-corrected chi connectivity index (χ4v) is 2.67. The van der Waals surface area contributed by atoms with E-state index in [2.05, 4.69) is 15.7 Å². The van der Waals surface area contributed by atoms with Crippen LogP contribution in [0.2, 0.25) is 0 Å². The van der Waals surface area contributed by atoms with E-state index in [1.54, 1.807) is 48.5 Å². The van der Waals surface area contributed by atoms with Crippen molar-refractivity contribution in [3.05, 3.63) is 70.6 Å². The summed E-state index contributed by atoms with van der Waals surface area (Å²) in [7, 11) is 0. The zero-order valence-corrected chi connectivity index (χ0v) is 14.9. The van der Waals surface area contributed by atoms with Crippen molar-refractivity contribution in [2.45, 2.75) is 13.3 Å². The maximum atomic E-state index is 12.8. The van der Waals surface area contributed by atoms with Gasteiger partial charge in [0.15, 0.2) is 5.69 Å². The molecule has 0 unspecified atom stereocenters. The zero-order valence-electron chi connectivity index (χ0n) is 14.9. The smallest absolute Gasteiger partial charge is 0.279 e. The molecular weight excluding hydrogens is 344 g/mol. The van der Waals surface area contributed by atoms with Crippen LogP contribution >= 0.6 is 0 Å². The number of fused-ring (bicyclic) bond motifs is 1. The lowest BCUT2D eigenvalue weighted by molar-refractivity contribution is -0.120. The van der Waals surface area contributed by atoms with E-state index in [0.717, 1.165) is 6.42 Å². The molecule has 3 rings (SSSR count). The van der Waals surface area contributed by atoms with Gasteiger partial charge in [0.05, 0.1) is 17.6 Å². The molecule has 138 valence electrons. The van der Waals surface area contributed by atoms with Crippen LogP contribution in [-0.2, 0) is 4.79 Å². The molecule has 7 heteroatoms. The van der Waals surface area contributed by atoms with E-state index in [4.69, 9.17) is 0 Å². The molecule has 2 N–H and O–H groups in total. The first-order valence-electron chi connectivity index (χ1n) is 8.74. The molecule has 0 bridgehead atoms. The van der Waals surface area contributed by atoms with Crippen LogP contribution in [0.4, 0.5) is 0 Å². The predicted molar refractivity (Wildman–Crippen MR) is 103 cm³/mol. The number of hydrogen-bond donors (Lipinski definition) is 2. The second-order valence-electron chi connectivity index (χ2n) is 5.98. The lowest BCUT2D eigenvalue weighted by Gasteiger charge is -2.11. The number of nitrogens with zero attached hydrogens (tertiary/aromatic N) is 2. The molecule has 7 nitrogen and oxygen atoms in total. The number of aromatic nitrogens is 2. The summed E-state index contributed by atoms with van der Waals surface area (Å²) in [4.78, 5) is 37.2. The third-order valence-electron chi connectivity index (χ3n) is 4.00. The Morgan fingerprint density at radius 2 is 1.63 bits per heavy atom. The molecule has 0 aliphatic heterocycles. The molecule has 1 heterocycles.